The predicted molar refractivity (Wildman–Crippen MR) is 253 cm³/mol. The molecule has 6 rings (SSSR count). The van der Waals surface area contributed by atoms with E-state index in [0.29, 0.717) is 39.0 Å². The second-order valence-corrected chi connectivity index (χ2v) is 25.5. The number of nitrogens with zero attached hydrogens (tertiary/aromatic N) is 2. The first kappa shape index (κ1) is 50.8. The number of anilines is 1. The monoisotopic (exact) mass is 992 g/mol. The lowest BCUT2D eigenvalue weighted by molar-refractivity contribution is -0.130. The zero-order valence-electron chi connectivity index (χ0n) is 37.6. The van der Waals surface area contributed by atoms with Gasteiger partial charge in [-0.15, -0.1) is 0 Å². The second-order valence-electron chi connectivity index (χ2n) is 17.1. The minimum absolute atomic E-state index is 0.0601. The van der Waals surface area contributed by atoms with Gasteiger partial charge in [-0.25, -0.2) is 9.59 Å². The number of para-hydroxylation sites is 1. The van der Waals surface area contributed by atoms with Crippen molar-refractivity contribution in [2.24, 2.45) is 0 Å². The number of ether oxygens (including phenoxy) is 1. The zero-order valence-corrected chi connectivity index (χ0v) is 40.3. The van der Waals surface area contributed by atoms with Crippen LogP contribution in [0, 0.1) is 5.41 Å². The number of carboxylic acid groups (broad SMARTS) is 1. The van der Waals surface area contributed by atoms with Crippen LogP contribution < -0.4 is 21.7 Å². The van der Waals surface area contributed by atoms with E-state index in [2.05, 4.69) is 30.3 Å². The molecule has 2 heterocycles. The number of hydroxylamine groups is 2. The number of unbranched alkanes of at least 4 members (excludes halogenated alkanes) is 2. The van der Waals surface area contributed by atoms with Crippen LogP contribution in [0.1, 0.15) is 52.1 Å². The number of carboxylic acids is 1. The number of amides is 3. The highest BCUT2D eigenvalue weighted by atomic mass is 32.2. The molecule has 2 aliphatic rings. The molecule has 0 radical (unpaired) electrons. The molecule has 0 saturated heterocycles. The molecule has 3 aromatic carbocycles. The summed E-state index contributed by atoms with van der Waals surface area (Å²) in [5.41, 5.74) is 5.41. The summed E-state index contributed by atoms with van der Waals surface area (Å²) in [6.45, 7) is 7.93. The molecule has 0 fully saturated rings. The van der Waals surface area contributed by atoms with Gasteiger partial charge < -0.3 is 35.2 Å². The highest BCUT2D eigenvalue weighted by Gasteiger charge is 2.32. The van der Waals surface area contributed by atoms with Crippen molar-refractivity contribution >= 4 is 79.7 Å². The summed E-state index contributed by atoms with van der Waals surface area (Å²) in [5, 5.41) is 25.3. The van der Waals surface area contributed by atoms with Crippen molar-refractivity contribution in [2.45, 2.75) is 74.3 Å². The molecule has 0 unspecified atom stereocenters. The number of aromatic nitrogens is 1. The van der Waals surface area contributed by atoms with E-state index in [1.165, 1.54) is 31.3 Å². The van der Waals surface area contributed by atoms with Gasteiger partial charge in [0.1, 0.15) is 6.61 Å². The maximum atomic E-state index is 13.3. The van der Waals surface area contributed by atoms with Gasteiger partial charge in [0.25, 0.3) is 26.1 Å². The predicted octanol–water partition coefficient (Wildman–Crippen LogP) is 6.36. The van der Waals surface area contributed by atoms with Crippen LogP contribution in [0.15, 0.2) is 87.0 Å². The van der Waals surface area contributed by atoms with E-state index in [0.717, 1.165) is 45.9 Å². The van der Waals surface area contributed by atoms with Crippen molar-refractivity contribution in [2.75, 3.05) is 32.5 Å². The Labute approximate surface area is 392 Å². The van der Waals surface area contributed by atoms with Gasteiger partial charge in [-0.05, 0) is 84.8 Å². The highest BCUT2D eigenvalue weighted by Crippen LogP contribution is 2.45. The number of carbonyl (C=O) groups excluding carboxylic acids is 3. The van der Waals surface area contributed by atoms with Crippen molar-refractivity contribution in [3.05, 3.63) is 95.0 Å². The third-order valence-corrected chi connectivity index (χ3v) is 14.5. The van der Waals surface area contributed by atoms with E-state index in [9.17, 15) is 50.2 Å². The zero-order chi connectivity index (χ0) is 49.7. The molecule has 20 nitrogen and oxygen atoms in total. The number of aromatic carboxylic acids is 1. The summed E-state index contributed by atoms with van der Waals surface area (Å²) in [5.74, 6) is -3.04. The number of nitrogen functional groups attached to an aromatic ring is 1. The molecule has 4 aromatic rings. The maximum absolute atomic E-state index is 13.3. The van der Waals surface area contributed by atoms with E-state index in [1.807, 2.05) is 34.9 Å². The number of carbonyl (C=O) groups is 4. The Morgan fingerprint density at radius 3 is 2.22 bits per heavy atom. The Morgan fingerprint density at radius 1 is 0.868 bits per heavy atom. The maximum Gasteiger partial charge on any atom is 0.433 e. The molecule has 0 bridgehead atoms. The van der Waals surface area contributed by atoms with Crippen LogP contribution >= 0.6 is 0 Å². The quantitative estimate of drug-likeness (QED) is 0.0109. The van der Waals surface area contributed by atoms with Crippen molar-refractivity contribution in [1.29, 1.82) is 5.41 Å². The average molecular weight is 993 g/mol. The van der Waals surface area contributed by atoms with Crippen LogP contribution in [0.25, 0.3) is 44.3 Å². The van der Waals surface area contributed by atoms with Gasteiger partial charge in [0.15, 0.2) is 21.1 Å². The first-order valence-electron chi connectivity index (χ1n) is 21.3. The van der Waals surface area contributed by atoms with Crippen molar-refractivity contribution < 1.29 is 64.2 Å². The minimum Gasteiger partial charge on any atom is -0.478 e. The summed E-state index contributed by atoms with van der Waals surface area (Å²) in [6.07, 6.45) is 1.34. The fourth-order valence-corrected chi connectivity index (χ4v) is 9.74. The molecule has 0 saturated carbocycles. The van der Waals surface area contributed by atoms with Gasteiger partial charge in [-0.3, -0.25) is 28.9 Å². The SMILES string of the molecule is CN(OCc1cc2ccccc2n1CCC(=O)NCCCCCNC(=O)c1ccc(-c2c3ccc(=N)c(S(=O)(=O)O)c-3oc3c(S(=O)(=O)O)c(N)ccc23)c(C(=O)O)c1)C(=O)OCC[Si](C)(C)C. The number of rotatable bonds is 20. The Balaban J connectivity index is 1.06. The van der Waals surface area contributed by atoms with Crippen LogP contribution in [-0.4, -0.2) is 99.4 Å². The van der Waals surface area contributed by atoms with E-state index >= 15 is 0 Å². The summed E-state index contributed by atoms with van der Waals surface area (Å²) < 4.78 is 83.1. The van der Waals surface area contributed by atoms with Crippen molar-refractivity contribution in [1.82, 2.24) is 20.3 Å². The van der Waals surface area contributed by atoms with Crippen LogP contribution in [0.5, 0.6) is 0 Å². The Kier molecular flexibility index (Phi) is 15.5. The number of hydrogen-bond acceptors (Lipinski definition) is 13. The molecule has 1 aliphatic heterocycles. The summed E-state index contributed by atoms with van der Waals surface area (Å²) in [7, 11) is -10.2. The highest BCUT2D eigenvalue weighted by molar-refractivity contribution is 7.86. The molecule has 1 aliphatic carbocycles. The number of nitrogens with two attached hydrogens (primary N) is 1. The third-order valence-electron chi connectivity index (χ3n) is 11.0. The topological polar surface area (TPSA) is 311 Å². The Bertz CT molecular complexity index is 3180. The van der Waals surface area contributed by atoms with E-state index in [1.54, 1.807) is 0 Å². The number of benzene rings is 4. The molecular weight excluding hydrogens is 941 g/mol. The Hall–Kier alpha value is -6.63. The number of nitrogens with one attached hydrogen (secondary N) is 3. The van der Waals surface area contributed by atoms with E-state index in [-0.39, 0.29) is 53.1 Å². The molecule has 0 atom stereocenters. The lowest BCUT2D eigenvalue weighted by Gasteiger charge is -2.20. The fourth-order valence-electron chi connectivity index (χ4n) is 7.54. The smallest absolute Gasteiger partial charge is 0.433 e. The molecule has 1 aromatic heterocycles. The standard InChI is InChI=1S/C45H52N6O14S2Si/c1-50(45(56)63-22-23-68(2,3)4)64-26-29-24-27-10-6-7-11-36(27)51(29)21-18-37(52)48-19-8-5-9-20-49-43(53)28-12-13-30(33(25-28)44(54)55)38-31-14-16-34(46)41(66(57,58)59)39(31)65-40-32(38)15-17-35(47)42(40)67(60,61)62/h6-7,10-17,24-25,46H,5,8-9,18-23,26,47H2,1-4H3,(H,48,52)(H,49,53)(H,54,55)(H,57,58,59)(H,60,61,62). The second kappa shape index (κ2) is 20.7. The van der Waals surface area contributed by atoms with Gasteiger partial charge in [0.05, 0.1) is 23.2 Å². The summed E-state index contributed by atoms with van der Waals surface area (Å²) in [4.78, 5) is 55.1. The average Bonchev–Trinajstić information content (AvgIpc) is 3.61. The van der Waals surface area contributed by atoms with E-state index < -0.39 is 84.0 Å². The third kappa shape index (κ3) is 11.9. The first-order valence-corrected chi connectivity index (χ1v) is 27.9. The molecule has 0 spiro atoms. The van der Waals surface area contributed by atoms with Crippen molar-refractivity contribution in [3.8, 4) is 22.5 Å². The minimum atomic E-state index is -5.21. The van der Waals surface area contributed by atoms with Crippen LogP contribution in [0.4, 0.5) is 10.5 Å². The molecule has 3 amide bonds. The largest absolute Gasteiger partial charge is 0.478 e. The molecular formula is C45H52N6O14S2Si. The number of aryl methyl sites for hydroxylation is 1. The van der Waals surface area contributed by atoms with Crippen LogP contribution in [0.3, 0.4) is 0 Å². The molecule has 362 valence electrons. The molecule has 23 heteroatoms. The van der Waals surface area contributed by atoms with Crippen molar-refractivity contribution in [3.63, 3.8) is 0 Å². The summed E-state index contributed by atoms with van der Waals surface area (Å²) in [6, 6.07) is 18.7. The van der Waals surface area contributed by atoms with Gasteiger partial charge in [-0.2, -0.15) is 21.9 Å². The molecule has 8 N–H and O–H groups in total. The van der Waals surface area contributed by atoms with Gasteiger partial charge in [0.2, 0.25) is 5.91 Å². The van der Waals surface area contributed by atoms with Gasteiger partial charge >= 0.3 is 12.1 Å². The lowest BCUT2D eigenvalue weighted by Crippen LogP contribution is -2.30. The number of fused-ring (bicyclic) bond motifs is 3. The van der Waals surface area contributed by atoms with Gasteiger partial charge in [0, 0.05) is 74.5 Å². The molecule has 68 heavy (non-hydrogen) atoms. The Morgan fingerprint density at radius 2 is 1.54 bits per heavy atom. The fraction of sp³-hybridized carbons (Fsp3) is 0.311. The summed E-state index contributed by atoms with van der Waals surface area (Å²) >= 11 is 0. The van der Waals surface area contributed by atoms with Crippen LogP contribution in [-0.2, 0) is 47.8 Å². The number of hydrogen-bond donors (Lipinski definition) is 7. The van der Waals surface area contributed by atoms with Crippen LogP contribution in [0.2, 0.25) is 25.7 Å². The van der Waals surface area contributed by atoms with E-state index in [4.69, 9.17) is 25.1 Å². The first-order chi connectivity index (χ1) is 32.0. The van der Waals surface area contributed by atoms with Gasteiger partial charge in [-0.1, -0.05) is 43.9 Å². The lowest BCUT2D eigenvalue weighted by atomic mass is 9.89. The normalized spacial score (nSPS) is 12.1.